The summed E-state index contributed by atoms with van der Waals surface area (Å²) in [6.45, 7) is 16.0. The summed E-state index contributed by atoms with van der Waals surface area (Å²) in [6, 6.07) is 14.4. The van der Waals surface area contributed by atoms with E-state index in [2.05, 4.69) is 105 Å². The van der Waals surface area contributed by atoms with E-state index in [1.807, 2.05) is 0 Å². The second-order valence-corrected chi connectivity index (χ2v) is 11.9. The fourth-order valence-electron chi connectivity index (χ4n) is 4.66. The van der Waals surface area contributed by atoms with Crippen LogP contribution < -0.4 is 47.6 Å². The summed E-state index contributed by atoms with van der Waals surface area (Å²) in [7, 11) is -1.42. The molecule has 3 rings (SSSR count). The Labute approximate surface area is 208 Å². The van der Waals surface area contributed by atoms with Crippen molar-refractivity contribution < 1.29 is 57.7 Å². The molecular formula is C24H29Cl3SiTi. The molecule has 1 unspecified atom stereocenters. The van der Waals surface area contributed by atoms with E-state index in [0.29, 0.717) is 5.54 Å². The molecule has 0 nitrogen and oxygen atoms in total. The van der Waals surface area contributed by atoms with Gasteiger partial charge in [0.2, 0.25) is 0 Å². The van der Waals surface area contributed by atoms with Crippen LogP contribution in [0.25, 0.3) is 0 Å². The van der Waals surface area contributed by atoms with Crippen molar-refractivity contribution >= 4 is 19.2 Å². The minimum atomic E-state index is -1.42. The van der Waals surface area contributed by atoms with E-state index in [4.69, 9.17) is 0 Å². The zero-order chi connectivity index (χ0) is 19.2. The van der Waals surface area contributed by atoms with Crippen LogP contribution in [0, 0.1) is 27.7 Å². The molecule has 0 N–H and O–H groups in total. The van der Waals surface area contributed by atoms with Crippen molar-refractivity contribution in [3.8, 4) is 0 Å². The molecule has 0 fully saturated rings. The minimum Gasteiger partial charge on any atom is -1.00 e. The summed E-state index contributed by atoms with van der Waals surface area (Å²) >= 11 is 2.31. The fraction of sp³-hybridized carbons (Fsp3) is 0.333. The van der Waals surface area contributed by atoms with E-state index in [1.165, 1.54) is 31.7 Å². The maximum absolute atomic E-state index is 2.45. The number of aryl methyl sites for hydroxylation is 4. The van der Waals surface area contributed by atoms with E-state index in [0.717, 1.165) is 0 Å². The van der Waals surface area contributed by atoms with Crippen molar-refractivity contribution in [1.29, 1.82) is 0 Å². The van der Waals surface area contributed by atoms with Crippen LogP contribution in [-0.2, 0) is 20.4 Å². The van der Waals surface area contributed by atoms with Gasteiger partial charge in [0.05, 0.1) is 0 Å². The Balaban J connectivity index is 0.00000261. The molecule has 154 valence electrons. The van der Waals surface area contributed by atoms with Crippen LogP contribution in [0.5, 0.6) is 0 Å². The standard InChI is InChI=1S/C24H29Si.3ClH.Ti/c1-15-8-16(2)11-22(10-15)25(23-12-17(3)9-18(4)13-23)24-20(6)14-19(5)21(24)7;;;;/h8-13,24-25H,1-7H3;3*1H;/q;;;;+3/p-3. The van der Waals surface area contributed by atoms with Gasteiger partial charge in [-0.3, -0.25) is 0 Å². The van der Waals surface area contributed by atoms with Crippen molar-refractivity contribution in [1.82, 2.24) is 0 Å². The molecule has 0 bridgehead atoms. The van der Waals surface area contributed by atoms with Crippen LogP contribution in [0.3, 0.4) is 0 Å². The molecule has 0 aliphatic heterocycles. The van der Waals surface area contributed by atoms with Crippen molar-refractivity contribution in [3.05, 3.63) is 79.2 Å². The summed E-state index contributed by atoms with van der Waals surface area (Å²) in [4.78, 5) is 0. The predicted molar refractivity (Wildman–Crippen MR) is 113 cm³/mol. The average molecular weight is 500 g/mol. The molecule has 1 aliphatic carbocycles. The molecule has 1 atom stereocenters. The number of allylic oxidation sites excluding steroid dienone is 4. The monoisotopic (exact) mass is 498 g/mol. The molecule has 5 heteroatoms. The Morgan fingerprint density at radius 2 is 0.931 bits per heavy atom. The van der Waals surface area contributed by atoms with Gasteiger partial charge in [0.25, 0.3) is 0 Å². The summed E-state index contributed by atoms with van der Waals surface area (Å²) in [5.41, 5.74) is 10.8. The third-order valence-corrected chi connectivity index (χ3v) is 10.8. The molecule has 0 saturated heterocycles. The molecule has 1 aliphatic rings. The summed E-state index contributed by atoms with van der Waals surface area (Å²) < 4.78 is 1.51. The van der Waals surface area contributed by atoms with Crippen LogP contribution in [0.2, 0.25) is 5.54 Å². The second kappa shape index (κ2) is 11.4. The molecular weight excluding hydrogens is 471 g/mol. The predicted octanol–water partition coefficient (Wildman–Crippen LogP) is -4.19. The topological polar surface area (TPSA) is 0 Å². The molecule has 0 saturated carbocycles. The third-order valence-electron chi connectivity index (χ3n) is 5.83. The second-order valence-electron chi connectivity index (χ2n) is 8.16. The molecule has 0 aromatic heterocycles. The van der Waals surface area contributed by atoms with Gasteiger partial charge < -0.3 is 37.2 Å². The van der Waals surface area contributed by atoms with Gasteiger partial charge in [-0.25, -0.2) is 0 Å². The third kappa shape index (κ3) is 5.91. The van der Waals surface area contributed by atoms with E-state index in [1.54, 1.807) is 21.5 Å². The van der Waals surface area contributed by atoms with Crippen molar-refractivity contribution in [2.75, 3.05) is 0 Å². The Morgan fingerprint density at radius 3 is 1.21 bits per heavy atom. The number of benzene rings is 2. The molecule has 2 aromatic carbocycles. The smallest absolute Gasteiger partial charge is 1.00 e. The minimum absolute atomic E-state index is 0. The van der Waals surface area contributed by atoms with Gasteiger partial charge in [0.15, 0.2) is 0 Å². The number of hydrogen-bond donors (Lipinski definition) is 0. The zero-order valence-electron chi connectivity index (χ0n) is 18.3. The van der Waals surface area contributed by atoms with Gasteiger partial charge in [-0.15, -0.1) is 0 Å². The Bertz CT molecular complexity index is 831. The first-order valence-electron chi connectivity index (χ1n) is 9.45. The Hall–Kier alpha value is -0.279. The van der Waals surface area contributed by atoms with Gasteiger partial charge in [0, 0.05) is 0 Å². The van der Waals surface area contributed by atoms with Crippen LogP contribution >= 0.6 is 0 Å². The summed E-state index contributed by atoms with van der Waals surface area (Å²) in [5.74, 6) is 0. The van der Waals surface area contributed by atoms with Crippen LogP contribution in [0.4, 0.5) is 0 Å². The number of hydrogen-bond acceptors (Lipinski definition) is 0. The first kappa shape index (κ1) is 28.7. The number of halogens is 3. The molecule has 0 heterocycles. The Kier molecular flexibility index (Phi) is 11.3. The maximum atomic E-state index is 2.45. The van der Waals surface area contributed by atoms with Gasteiger partial charge in [-0.2, -0.15) is 0 Å². The zero-order valence-corrected chi connectivity index (χ0v) is 23.2. The normalized spacial score (nSPS) is 15.9. The van der Waals surface area contributed by atoms with Crippen molar-refractivity contribution in [3.63, 3.8) is 0 Å². The number of rotatable bonds is 3. The van der Waals surface area contributed by atoms with Crippen LogP contribution in [0.1, 0.15) is 43.0 Å². The van der Waals surface area contributed by atoms with Crippen LogP contribution in [-0.4, -0.2) is 8.80 Å². The van der Waals surface area contributed by atoms with E-state index < -0.39 is 8.80 Å². The quantitative estimate of drug-likeness (QED) is 0.376. The van der Waals surface area contributed by atoms with Gasteiger partial charge in [-0.05, 0) is 0 Å². The van der Waals surface area contributed by atoms with Gasteiger partial charge >= 0.3 is 173 Å². The maximum Gasteiger partial charge on any atom is -1.00 e. The average Bonchev–Trinajstić information content (AvgIpc) is 2.71. The van der Waals surface area contributed by atoms with Crippen molar-refractivity contribution in [2.24, 2.45) is 0 Å². The van der Waals surface area contributed by atoms with Gasteiger partial charge in [0.1, 0.15) is 0 Å². The molecule has 0 amide bonds. The fourth-order valence-corrected chi connectivity index (χ4v) is 9.81. The summed E-state index contributed by atoms with van der Waals surface area (Å²) in [6.07, 6.45) is 0. The van der Waals surface area contributed by atoms with E-state index >= 15 is 0 Å². The Morgan fingerprint density at radius 1 is 0.586 bits per heavy atom. The molecule has 29 heavy (non-hydrogen) atoms. The summed E-state index contributed by atoms with van der Waals surface area (Å²) in [5, 5.41) is 3.16. The van der Waals surface area contributed by atoms with Gasteiger partial charge in [-0.1, -0.05) is 0 Å². The van der Waals surface area contributed by atoms with E-state index in [-0.39, 0.29) is 37.2 Å². The van der Waals surface area contributed by atoms with Crippen LogP contribution in [0.15, 0.2) is 57.0 Å². The largest absolute Gasteiger partial charge is 1.00 e. The molecule has 2 aromatic rings. The SMILES string of the molecule is CC1=C(C)C([SiH](c2cc(C)cc(C)c2)c2cc(C)cc(C)c2)C(C)=[C]1[Ti+3].[Cl-].[Cl-].[Cl-]. The van der Waals surface area contributed by atoms with E-state index in [9.17, 15) is 0 Å². The first-order valence-corrected chi connectivity index (χ1v) is 12.1. The van der Waals surface area contributed by atoms with Crippen molar-refractivity contribution in [2.45, 2.75) is 54.0 Å². The first-order chi connectivity index (χ1) is 12.2. The molecule has 0 spiro atoms. The molecule has 0 radical (unpaired) electrons.